The van der Waals surface area contributed by atoms with Crippen molar-refractivity contribution in [3.63, 3.8) is 0 Å². The van der Waals surface area contributed by atoms with Gasteiger partial charge in [0.15, 0.2) is 0 Å². The van der Waals surface area contributed by atoms with Crippen LogP contribution in [0.4, 0.5) is 9.59 Å². The van der Waals surface area contributed by atoms with Crippen LogP contribution >= 0.6 is 0 Å². The molecule has 2 heterocycles. The molecule has 0 saturated carbocycles. The van der Waals surface area contributed by atoms with Gasteiger partial charge in [0.2, 0.25) is 17.7 Å². The van der Waals surface area contributed by atoms with E-state index in [0.717, 1.165) is 5.56 Å². The number of nitrogens with one attached hydrogen (secondary N) is 5. The molecule has 2 aliphatic rings. The number of rotatable bonds is 16. The third-order valence-corrected chi connectivity index (χ3v) is 9.29. The molecule has 15 heteroatoms. The lowest BCUT2D eigenvalue weighted by Gasteiger charge is -2.35. The second kappa shape index (κ2) is 20.3. The molecule has 3 rings (SSSR count). The van der Waals surface area contributed by atoms with Crippen LogP contribution in [-0.2, 0) is 25.6 Å². The topological polar surface area (TPSA) is 215 Å². The molecule has 1 aromatic carbocycles. The molecule has 0 aromatic heterocycles. The van der Waals surface area contributed by atoms with Gasteiger partial charge in [0.25, 0.3) is 0 Å². The van der Waals surface area contributed by atoms with E-state index in [-0.39, 0.29) is 29.9 Å². The van der Waals surface area contributed by atoms with E-state index in [1.807, 2.05) is 44.2 Å². The highest BCUT2D eigenvalue weighted by atomic mass is 16.4. The van der Waals surface area contributed by atoms with Crippen LogP contribution in [0.2, 0.25) is 0 Å². The van der Waals surface area contributed by atoms with Crippen LogP contribution in [0.25, 0.3) is 0 Å². The van der Waals surface area contributed by atoms with E-state index in [2.05, 4.69) is 26.6 Å². The molecule has 3 atom stereocenters. The first kappa shape index (κ1) is 40.0. The van der Waals surface area contributed by atoms with E-state index in [9.17, 15) is 33.9 Å². The van der Waals surface area contributed by atoms with Gasteiger partial charge >= 0.3 is 18.0 Å². The third-order valence-electron chi connectivity index (χ3n) is 9.29. The van der Waals surface area contributed by atoms with Crippen molar-refractivity contribution in [2.45, 2.75) is 95.8 Å². The highest BCUT2D eigenvalue weighted by Gasteiger charge is 2.33. The number of carboxylic acid groups (broad SMARTS) is 1. The lowest BCUT2D eigenvalue weighted by atomic mass is 9.97. The maximum absolute atomic E-state index is 13.8. The predicted octanol–water partition coefficient (Wildman–Crippen LogP) is 1.17. The second-order valence-corrected chi connectivity index (χ2v) is 13.7. The van der Waals surface area contributed by atoms with Crippen molar-refractivity contribution in [2.75, 3.05) is 39.8 Å². The van der Waals surface area contributed by atoms with Gasteiger partial charge in [0.1, 0.15) is 12.1 Å². The van der Waals surface area contributed by atoms with Gasteiger partial charge in [0, 0.05) is 45.8 Å². The summed E-state index contributed by atoms with van der Waals surface area (Å²) < 4.78 is 0. The number of benzene rings is 1. The second-order valence-electron chi connectivity index (χ2n) is 13.7. The Morgan fingerprint density at radius 2 is 1.48 bits per heavy atom. The molecule has 2 aliphatic heterocycles. The molecule has 50 heavy (non-hydrogen) atoms. The molecule has 0 bridgehead atoms. The molecular formula is C35H56N8O7. The number of urea groups is 2. The van der Waals surface area contributed by atoms with Crippen LogP contribution in [0, 0.1) is 11.8 Å². The summed E-state index contributed by atoms with van der Waals surface area (Å²) in [4.78, 5) is 79.6. The van der Waals surface area contributed by atoms with Crippen LogP contribution in [0.5, 0.6) is 0 Å². The van der Waals surface area contributed by atoms with Crippen LogP contribution in [-0.4, -0.2) is 115 Å². The number of carbonyl (C=O) groups is 6. The first-order valence-electron chi connectivity index (χ1n) is 17.8. The van der Waals surface area contributed by atoms with E-state index in [1.165, 1.54) is 0 Å². The molecule has 15 nitrogen and oxygen atoms in total. The number of nitrogens with two attached hydrogens (primary N) is 1. The Labute approximate surface area is 294 Å². The molecule has 278 valence electrons. The summed E-state index contributed by atoms with van der Waals surface area (Å²) in [6.07, 6.45) is 4.03. The molecule has 7 amide bonds. The molecule has 2 saturated heterocycles. The van der Waals surface area contributed by atoms with Crippen molar-refractivity contribution in [1.29, 1.82) is 0 Å². The number of unbranched alkanes of at least 4 members (excludes halogenated alkanes) is 1. The number of hydrogen-bond acceptors (Lipinski definition) is 7. The quantitative estimate of drug-likeness (QED) is 0.124. The van der Waals surface area contributed by atoms with Gasteiger partial charge < -0.3 is 47.2 Å². The summed E-state index contributed by atoms with van der Waals surface area (Å²) in [6.45, 7) is 5.83. The standard InChI is InChI=1S/C35H56N8O7/c1-23(2)21-29(41-30(44)27(36)22-24-9-5-4-6-10-24)31(45)40-28(32(46)42-19-14-26(15-20-42)39-34(49)37-3)11-7-8-16-38-35(50)43-17-12-25(13-18-43)33(47)48/h4-6,9-10,23,25-29H,7-8,11-22,36H2,1-3H3,(H,38,50)(H,40,45)(H,41,44)(H,47,48)(H2,37,39,49)/t27-,28-,29-/m1/s1. The fraction of sp³-hybridized carbons (Fsp3) is 0.657. The minimum atomic E-state index is -0.897. The van der Waals surface area contributed by atoms with Crippen molar-refractivity contribution in [2.24, 2.45) is 17.6 Å². The summed E-state index contributed by atoms with van der Waals surface area (Å²) in [5.41, 5.74) is 7.12. The maximum atomic E-state index is 13.8. The minimum Gasteiger partial charge on any atom is -0.481 e. The van der Waals surface area contributed by atoms with E-state index in [0.29, 0.717) is 90.5 Å². The fourth-order valence-electron chi connectivity index (χ4n) is 6.30. The van der Waals surface area contributed by atoms with E-state index in [4.69, 9.17) is 5.73 Å². The number of amides is 7. The van der Waals surface area contributed by atoms with E-state index >= 15 is 0 Å². The van der Waals surface area contributed by atoms with Gasteiger partial charge in [-0.2, -0.15) is 0 Å². The van der Waals surface area contributed by atoms with Gasteiger partial charge in [-0.05, 0) is 69.3 Å². The van der Waals surface area contributed by atoms with Crippen molar-refractivity contribution < 1.29 is 33.9 Å². The summed E-state index contributed by atoms with van der Waals surface area (Å²) in [7, 11) is 1.54. The SMILES string of the molecule is CNC(=O)NC1CCN(C(=O)[C@@H](CCCCNC(=O)N2CCC(C(=O)O)CC2)NC(=O)[C@@H](CC(C)C)NC(=O)[C@H](N)Cc2ccccc2)CC1. The van der Waals surface area contributed by atoms with Gasteiger partial charge in [-0.25, -0.2) is 9.59 Å². The third kappa shape index (κ3) is 13.1. The zero-order chi connectivity index (χ0) is 36.6. The Bertz CT molecular complexity index is 1280. The van der Waals surface area contributed by atoms with Crippen molar-refractivity contribution in [3.05, 3.63) is 35.9 Å². The number of piperidine rings is 2. The zero-order valence-corrected chi connectivity index (χ0v) is 29.6. The lowest BCUT2D eigenvalue weighted by Crippen LogP contribution is -2.58. The largest absolute Gasteiger partial charge is 0.481 e. The Morgan fingerprint density at radius 1 is 0.860 bits per heavy atom. The number of hydrogen-bond donors (Lipinski definition) is 7. The van der Waals surface area contributed by atoms with Gasteiger partial charge in [-0.1, -0.05) is 44.2 Å². The first-order valence-corrected chi connectivity index (χ1v) is 17.8. The Morgan fingerprint density at radius 3 is 2.08 bits per heavy atom. The molecule has 2 fully saturated rings. The maximum Gasteiger partial charge on any atom is 0.317 e. The summed E-state index contributed by atoms with van der Waals surface area (Å²) in [5.74, 6) is -2.36. The number of likely N-dealkylation sites (tertiary alicyclic amines) is 2. The molecule has 0 spiro atoms. The van der Waals surface area contributed by atoms with Gasteiger partial charge in [-0.3, -0.25) is 19.2 Å². The van der Waals surface area contributed by atoms with Crippen LogP contribution in [0.15, 0.2) is 30.3 Å². The van der Waals surface area contributed by atoms with Gasteiger partial charge in [0.05, 0.1) is 12.0 Å². The van der Waals surface area contributed by atoms with Crippen LogP contribution in [0.1, 0.15) is 70.8 Å². The molecule has 0 unspecified atom stereocenters. The summed E-state index contributed by atoms with van der Waals surface area (Å²) >= 11 is 0. The zero-order valence-electron chi connectivity index (χ0n) is 29.6. The summed E-state index contributed by atoms with van der Waals surface area (Å²) in [5, 5.41) is 23.2. The average Bonchev–Trinajstić information content (AvgIpc) is 3.10. The minimum absolute atomic E-state index is 0.0657. The van der Waals surface area contributed by atoms with Crippen LogP contribution < -0.4 is 32.3 Å². The number of nitrogens with zero attached hydrogens (tertiary/aromatic N) is 2. The van der Waals surface area contributed by atoms with Crippen molar-refractivity contribution >= 4 is 35.8 Å². The summed E-state index contributed by atoms with van der Waals surface area (Å²) in [6, 6.07) is 6.17. The molecule has 1 aromatic rings. The van der Waals surface area contributed by atoms with E-state index < -0.39 is 41.8 Å². The normalized spacial score (nSPS) is 17.3. The highest BCUT2D eigenvalue weighted by Crippen LogP contribution is 2.18. The number of carbonyl (C=O) groups excluding carboxylic acids is 5. The monoisotopic (exact) mass is 700 g/mol. The lowest BCUT2D eigenvalue weighted by molar-refractivity contribution is -0.143. The average molecular weight is 701 g/mol. The number of carboxylic acids is 1. The Balaban J connectivity index is 1.61. The van der Waals surface area contributed by atoms with E-state index in [1.54, 1.807) is 16.8 Å². The van der Waals surface area contributed by atoms with Gasteiger partial charge in [-0.15, -0.1) is 0 Å². The molecule has 0 aliphatic carbocycles. The van der Waals surface area contributed by atoms with Crippen molar-refractivity contribution in [3.8, 4) is 0 Å². The molecule has 0 radical (unpaired) electrons. The fourth-order valence-corrected chi connectivity index (χ4v) is 6.30. The Kier molecular flexibility index (Phi) is 16.3. The Hall–Kier alpha value is -4.40. The highest BCUT2D eigenvalue weighted by molar-refractivity contribution is 5.93. The smallest absolute Gasteiger partial charge is 0.317 e. The van der Waals surface area contributed by atoms with Crippen LogP contribution in [0.3, 0.4) is 0 Å². The van der Waals surface area contributed by atoms with Crippen molar-refractivity contribution in [1.82, 2.24) is 36.4 Å². The predicted molar refractivity (Wildman–Crippen MR) is 188 cm³/mol. The number of aliphatic carboxylic acids is 1. The molecular weight excluding hydrogens is 644 g/mol. The first-order chi connectivity index (χ1) is 23.9. The molecule has 8 N–H and O–H groups in total.